The number of hydrogen-bond acceptors (Lipinski definition) is 3. The monoisotopic (exact) mass is 281 g/mol. The molecule has 0 saturated carbocycles. The smallest absolute Gasteiger partial charge is 0.236 e. The lowest BCUT2D eigenvalue weighted by Gasteiger charge is -2.41. The molecule has 0 radical (unpaired) electrons. The number of carbonyl (C=O) groups is 1. The van der Waals surface area contributed by atoms with Crippen molar-refractivity contribution in [2.75, 3.05) is 32.7 Å². The molecule has 0 bridgehead atoms. The second-order valence-electron chi connectivity index (χ2n) is 6.59. The van der Waals surface area contributed by atoms with Crippen molar-refractivity contribution in [3.63, 3.8) is 0 Å². The van der Waals surface area contributed by atoms with E-state index in [1.54, 1.807) is 0 Å². The number of rotatable bonds is 4. The number of nitrogens with one attached hydrogen (secondary N) is 1. The Labute approximate surface area is 123 Å². The van der Waals surface area contributed by atoms with E-state index in [2.05, 4.69) is 35.9 Å². The molecule has 2 rings (SSSR count). The molecule has 0 aromatic heterocycles. The van der Waals surface area contributed by atoms with Crippen molar-refractivity contribution in [2.45, 2.75) is 58.5 Å². The maximum atomic E-state index is 12.5. The van der Waals surface area contributed by atoms with Crippen molar-refractivity contribution in [1.82, 2.24) is 15.1 Å². The predicted molar refractivity (Wildman–Crippen MR) is 82.7 cm³/mol. The molecule has 4 heteroatoms. The molecule has 1 N–H and O–H groups in total. The van der Waals surface area contributed by atoms with E-state index in [1.165, 1.54) is 12.8 Å². The summed E-state index contributed by atoms with van der Waals surface area (Å²) < 4.78 is 0. The summed E-state index contributed by atoms with van der Waals surface area (Å²) in [4.78, 5) is 17.0. The first-order valence-corrected chi connectivity index (χ1v) is 8.39. The molecule has 1 amide bonds. The van der Waals surface area contributed by atoms with Gasteiger partial charge in [0.15, 0.2) is 0 Å². The third-order valence-corrected chi connectivity index (χ3v) is 4.93. The molecular weight excluding hydrogens is 250 g/mol. The number of likely N-dealkylation sites (tertiary alicyclic amines) is 1. The molecule has 0 aliphatic carbocycles. The van der Waals surface area contributed by atoms with Gasteiger partial charge in [-0.2, -0.15) is 0 Å². The number of piperidine rings is 1. The van der Waals surface area contributed by atoms with Crippen molar-refractivity contribution in [2.24, 2.45) is 5.92 Å². The molecule has 116 valence electrons. The third-order valence-electron chi connectivity index (χ3n) is 4.93. The van der Waals surface area contributed by atoms with Crippen LogP contribution in [0.5, 0.6) is 0 Å². The van der Waals surface area contributed by atoms with E-state index in [9.17, 15) is 4.79 Å². The quantitative estimate of drug-likeness (QED) is 0.852. The minimum Gasteiger partial charge on any atom is -0.341 e. The van der Waals surface area contributed by atoms with Gasteiger partial charge in [0, 0.05) is 38.3 Å². The lowest BCUT2D eigenvalue weighted by atomic mass is 10.00. The van der Waals surface area contributed by atoms with Gasteiger partial charge < -0.3 is 10.2 Å². The average molecular weight is 281 g/mol. The van der Waals surface area contributed by atoms with Crippen molar-refractivity contribution >= 4 is 5.91 Å². The molecule has 3 atom stereocenters. The Kier molecular flexibility index (Phi) is 5.85. The zero-order chi connectivity index (χ0) is 14.5. The van der Waals surface area contributed by atoms with Gasteiger partial charge in [0.1, 0.15) is 0 Å². The number of hydrogen-bond donors (Lipinski definition) is 1. The van der Waals surface area contributed by atoms with Crippen molar-refractivity contribution in [3.05, 3.63) is 0 Å². The van der Waals surface area contributed by atoms with Gasteiger partial charge in [-0.3, -0.25) is 9.69 Å². The Bertz CT molecular complexity index is 321. The van der Waals surface area contributed by atoms with Gasteiger partial charge >= 0.3 is 0 Å². The van der Waals surface area contributed by atoms with Crippen LogP contribution in [0.2, 0.25) is 0 Å². The van der Waals surface area contributed by atoms with E-state index < -0.39 is 0 Å². The van der Waals surface area contributed by atoms with Gasteiger partial charge in [-0.1, -0.05) is 20.8 Å². The highest BCUT2D eigenvalue weighted by Crippen LogP contribution is 2.17. The fraction of sp³-hybridized carbons (Fsp3) is 0.938. The number of carbonyl (C=O) groups excluding carboxylic acids is 1. The molecule has 2 aliphatic rings. The maximum absolute atomic E-state index is 12.5. The van der Waals surface area contributed by atoms with E-state index in [-0.39, 0.29) is 0 Å². The Morgan fingerprint density at radius 2 is 2.05 bits per heavy atom. The average Bonchev–Trinajstić information content (AvgIpc) is 2.47. The fourth-order valence-corrected chi connectivity index (χ4v) is 3.49. The summed E-state index contributed by atoms with van der Waals surface area (Å²) in [5, 5.41) is 3.59. The van der Waals surface area contributed by atoms with Crippen LogP contribution in [0.3, 0.4) is 0 Å². The van der Waals surface area contributed by atoms with Crippen LogP contribution >= 0.6 is 0 Å². The van der Waals surface area contributed by atoms with Gasteiger partial charge in [-0.15, -0.1) is 0 Å². The van der Waals surface area contributed by atoms with Gasteiger partial charge in [0.2, 0.25) is 5.91 Å². The Hall–Kier alpha value is -0.610. The zero-order valence-corrected chi connectivity index (χ0v) is 13.4. The Morgan fingerprint density at radius 1 is 1.25 bits per heavy atom. The summed E-state index contributed by atoms with van der Waals surface area (Å²) in [5.41, 5.74) is 0. The van der Waals surface area contributed by atoms with E-state index in [4.69, 9.17) is 0 Å². The highest BCUT2D eigenvalue weighted by Gasteiger charge is 2.29. The number of nitrogens with zero attached hydrogens (tertiary/aromatic N) is 2. The van der Waals surface area contributed by atoms with Gasteiger partial charge in [-0.05, 0) is 31.6 Å². The molecular formula is C16H31N3O. The highest BCUT2D eigenvalue weighted by molar-refractivity contribution is 5.78. The lowest BCUT2D eigenvalue weighted by Crippen LogP contribution is -2.58. The minimum atomic E-state index is 0.340. The van der Waals surface area contributed by atoms with Crippen LogP contribution in [0.4, 0.5) is 0 Å². The van der Waals surface area contributed by atoms with Crippen molar-refractivity contribution in [3.8, 4) is 0 Å². The molecule has 4 nitrogen and oxygen atoms in total. The molecule has 20 heavy (non-hydrogen) atoms. The second-order valence-corrected chi connectivity index (χ2v) is 6.59. The summed E-state index contributed by atoms with van der Waals surface area (Å²) >= 11 is 0. The summed E-state index contributed by atoms with van der Waals surface area (Å²) in [5.74, 6) is 1.01. The van der Waals surface area contributed by atoms with Crippen LogP contribution in [0, 0.1) is 5.92 Å². The van der Waals surface area contributed by atoms with Crippen molar-refractivity contribution < 1.29 is 4.79 Å². The standard InChI is InChI=1S/C16H31N3O/c1-4-14-11-19(15(5-2)9-17-14)12-16(20)18-8-6-7-13(3)10-18/h13-15,17H,4-12H2,1-3H3. The normalized spacial score (nSPS) is 32.4. The SMILES string of the molecule is CCC1CN(CC(=O)N2CCCC(C)C2)C(CC)CN1. The van der Waals surface area contributed by atoms with Gasteiger partial charge in [0.25, 0.3) is 0 Å². The van der Waals surface area contributed by atoms with Crippen LogP contribution in [-0.4, -0.2) is 60.5 Å². The molecule has 2 heterocycles. The molecule has 0 aromatic carbocycles. The largest absolute Gasteiger partial charge is 0.341 e. The second kappa shape index (κ2) is 7.41. The summed E-state index contributed by atoms with van der Waals surface area (Å²) in [6.45, 7) is 11.3. The first-order chi connectivity index (χ1) is 9.63. The first-order valence-electron chi connectivity index (χ1n) is 8.39. The van der Waals surface area contributed by atoms with Crippen LogP contribution in [-0.2, 0) is 4.79 Å². The molecule has 0 aromatic rings. The van der Waals surface area contributed by atoms with Crippen LogP contribution in [0.15, 0.2) is 0 Å². The van der Waals surface area contributed by atoms with E-state index in [0.717, 1.165) is 39.0 Å². The third kappa shape index (κ3) is 3.95. The molecule has 2 fully saturated rings. The molecule has 2 saturated heterocycles. The van der Waals surface area contributed by atoms with E-state index in [0.29, 0.717) is 30.5 Å². The van der Waals surface area contributed by atoms with Gasteiger partial charge in [0.05, 0.1) is 6.54 Å². The number of amides is 1. The maximum Gasteiger partial charge on any atom is 0.236 e. The highest BCUT2D eigenvalue weighted by atomic mass is 16.2. The minimum absolute atomic E-state index is 0.340. The first kappa shape index (κ1) is 15.8. The summed E-state index contributed by atoms with van der Waals surface area (Å²) in [6, 6.07) is 1.06. The fourth-order valence-electron chi connectivity index (χ4n) is 3.49. The summed E-state index contributed by atoms with van der Waals surface area (Å²) in [7, 11) is 0. The van der Waals surface area contributed by atoms with Gasteiger partial charge in [-0.25, -0.2) is 0 Å². The van der Waals surface area contributed by atoms with Crippen LogP contribution in [0.1, 0.15) is 46.5 Å². The predicted octanol–water partition coefficient (Wildman–Crippen LogP) is 1.71. The van der Waals surface area contributed by atoms with Crippen molar-refractivity contribution in [1.29, 1.82) is 0 Å². The zero-order valence-electron chi connectivity index (χ0n) is 13.4. The summed E-state index contributed by atoms with van der Waals surface area (Å²) in [6.07, 6.45) is 4.70. The van der Waals surface area contributed by atoms with E-state index in [1.807, 2.05) is 0 Å². The Morgan fingerprint density at radius 3 is 2.70 bits per heavy atom. The van der Waals surface area contributed by atoms with Crippen LogP contribution < -0.4 is 5.32 Å². The lowest BCUT2D eigenvalue weighted by molar-refractivity contribution is -0.135. The Balaban J connectivity index is 1.90. The molecule has 0 spiro atoms. The van der Waals surface area contributed by atoms with E-state index >= 15 is 0 Å². The topological polar surface area (TPSA) is 35.6 Å². The molecule has 2 aliphatic heterocycles. The number of piperazine rings is 1. The van der Waals surface area contributed by atoms with Crippen LogP contribution in [0.25, 0.3) is 0 Å². The molecule has 3 unspecified atom stereocenters.